The van der Waals surface area contributed by atoms with Crippen LogP contribution in [0.2, 0.25) is 0 Å². The Hall–Kier alpha value is -1.66. The quantitative estimate of drug-likeness (QED) is 0.826. The zero-order valence-electron chi connectivity index (χ0n) is 9.45. The summed E-state index contributed by atoms with van der Waals surface area (Å²) in [5, 5.41) is 4.24. The highest BCUT2D eigenvalue weighted by molar-refractivity contribution is 7.85. The van der Waals surface area contributed by atoms with Crippen LogP contribution in [0.1, 0.15) is 11.4 Å². The van der Waals surface area contributed by atoms with Crippen molar-refractivity contribution >= 4 is 10.1 Å². The average molecular weight is 252 g/mol. The van der Waals surface area contributed by atoms with E-state index in [2.05, 4.69) is 5.10 Å². The molecular weight excluding hydrogens is 240 g/mol. The summed E-state index contributed by atoms with van der Waals surface area (Å²) in [6.45, 7) is 3.73. The molecule has 0 fully saturated rings. The predicted octanol–water partition coefficient (Wildman–Crippen LogP) is 1.74. The van der Waals surface area contributed by atoms with Crippen LogP contribution in [0.5, 0.6) is 0 Å². The molecule has 0 bridgehead atoms. The number of benzene rings is 1. The molecule has 6 heteroatoms. The van der Waals surface area contributed by atoms with E-state index in [1.54, 1.807) is 16.8 Å². The van der Waals surface area contributed by atoms with E-state index < -0.39 is 10.1 Å². The van der Waals surface area contributed by atoms with Gasteiger partial charge in [-0.15, -0.1) is 0 Å². The van der Waals surface area contributed by atoms with Gasteiger partial charge in [-0.25, -0.2) is 4.68 Å². The van der Waals surface area contributed by atoms with E-state index in [1.807, 2.05) is 19.9 Å². The molecule has 0 radical (unpaired) electrons. The van der Waals surface area contributed by atoms with Gasteiger partial charge in [-0.2, -0.15) is 13.5 Å². The lowest BCUT2D eigenvalue weighted by atomic mass is 10.3. The zero-order chi connectivity index (χ0) is 12.6. The average Bonchev–Trinajstić information content (AvgIpc) is 2.57. The van der Waals surface area contributed by atoms with E-state index >= 15 is 0 Å². The van der Waals surface area contributed by atoms with Gasteiger partial charge in [0.25, 0.3) is 10.1 Å². The van der Waals surface area contributed by atoms with Crippen molar-refractivity contribution in [2.75, 3.05) is 0 Å². The van der Waals surface area contributed by atoms with Crippen LogP contribution in [-0.4, -0.2) is 22.8 Å². The third-order valence-corrected chi connectivity index (χ3v) is 3.22. The summed E-state index contributed by atoms with van der Waals surface area (Å²) >= 11 is 0. The van der Waals surface area contributed by atoms with Gasteiger partial charge in [0.2, 0.25) is 0 Å². The Labute approximate surface area is 99.5 Å². The highest BCUT2D eigenvalue weighted by Gasteiger charge is 2.11. The molecule has 17 heavy (non-hydrogen) atoms. The van der Waals surface area contributed by atoms with E-state index in [4.69, 9.17) is 4.55 Å². The number of rotatable bonds is 2. The Kier molecular flexibility index (Phi) is 2.76. The number of hydrogen-bond acceptors (Lipinski definition) is 3. The van der Waals surface area contributed by atoms with Gasteiger partial charge >= 0.3 is 0 Å². The van der Waals surface area contributed by atoms with Gasteiger partial charge in [-0.05, 0) is 38.1 Å². The van der Waals surface area contributed by atoms with Crippen LogP contribution in [-0.2, 0) is 10.1 Å². The van der Waals surface area contributed by atoms with E-state index in [1.165, 1.54) is 12.1 Å². The first-order valence-corrected chi connectivity index (χ1v) is 6.43. The van der Waals surface area contributed by atoms with Crippen molar-refractivity contribution in [3.05, 3.63) is 41.7 Å². The minimum absolute atomic E-state index is 0.137. The molecule has 0 saturated carbocycles. The van der Waals surface area contributed by atoms with Gasteiger partial charge in [0.1, 0.15) is 0 Å². The van der Waals surface area contributed by atoms with Crippen LogP contribution < -0.4 is 0 Å². The van der Waals surface area contributed by atoms with E-state index in [-0.39, 0.29) is 4.90 Å². The SMILES string of the molecule is Cc1cc(C)n(-c2cccc(S(=O)(=O)O)c2)n1. The predicted molar refractivity (Wildman–Crippen MR) is 62.9 cm³/mol. The van der Waals surface area contributed by atoms with Crippen LogP contribution in [0.4, 0.5) is 0 Å². The standard InChI is InChI=1S/C11H12N2O3S/c1-8-6-9(2)13(12-8)10-4-3-5-11(7-10)17(14,15)16/h3-7H,1-2H3,(H,14,15,16). The van der Waals surface area contributed by atoms with Crippen molar-refractivity contribution in [2.45, 2.75) is 18.7 Å². The second kappa shape index (κ2) is 3.97. The summed E-state index contributed by atoms with van der Waals surface area (Å²) in [4.78, 5) is -0.137. The van der Waals surface area contributed by atoms with E-state index in [0.717, 1.165) is 11.4 Å². The lowest BCUT2D eigenvalue weighted by molar-refractivity contribution is 0.483. The summed E-state index contributed by atoms with van der Waals surface area (Å²) in [5.41, 5.74) is 2.35. The highest BCUT2D eigenvalue weighted by Crippen LogP contribution is 2.16. The summed E-state index contributed by atoms with van der Waals surface area (Å²) in [6.07, 6.45) is 0. The third kappa shape index (κ3) is 2.37. The molecule has 2 aromatic rings. The molecule has 90 valence electrons. The molecule has 0 aliphatic heterocycles. The molecule has 0 saturated heterocycles. The Morgan fingerprint density at radius 2 is 1.94 bits per heavy atom. The first-order valence-electron chi connectivity index (χ1n) is 4.99. The molecule has 1 heterocycles. The molecule has 5 nitrogen and oxygen atoms in total. The van der Waals surface area contributed by atoms with Gasteiger partial charge in [0, 0.05) is 5.69 Å². The Morgan fingerprint density at radius 3 is 2.47 bits per heavy atom. The number of aromatic nitrogens is 2. The fraction of sp³-hybridized carbons (Fsp3) is 0.182. The third-order valence-electron chi connectivity index (χ3n) is 2.37. The largest absolute Gasteiger partial charge is 0.294 e. The van der Waals surface area contributed by atoms with E-state index in [9.17, 15) is 8.42 Å². The summed E-state index contributed by atoms with van der Waals surface area (Å²) in [5.74, 6) is 0. The highest BCUT2D eigenvalue weighted by atomic mass is 32.2. The van der Waals surface area contributed by atoms with Gasteiger partial charge in [-0.3, -0.25) is 4.55 Å². The lowest BCUT2D eigenvalue weighted by Crippen LogP contribution is -2.03. The Balaban J connectivity index is 2.58. The number of hydrogen-bond donors (Lipinski definition) is 1. The normalized spacial score (nSPS) is 11.7. The van der Waals surface area contributed by atoms with E-state index in [0.29, 0.717) is 5.69 Å². The minimum atomic E-state index is -4.18. The van der Waals surface area contributed by atoms with Crippen LogP contribution in [0.15, 0.2) is 35.2 Å². The van der Waals surface area contributed by atoms with Crippen LogP contribution >= 0.6 is 0 Å². The lowest BCUT2D eigenvalue weighted by Gasteiger charge is -2.05. The van der Waals surface area contributed by atoms with Gasteiger partial charge in [0.05, 0.1) is 16.3 Å². The molecule has 0 aliphatic carbocycles. The Morgan fingerprint density at radius 1 is 1.24 bits per heavy atom. The monoisotopic (exact) mass is 252 g/mol. The first-order chi connectivity index (χ1) is 7.88. The van der Waals surface area contributed by atoms with Crippen molar-refractivity contribution in [2.24, 2.45) is 0 Å². The molecule has 0 unspecified atom stereocenters. The van der Waals surface area contributed by atoms with Crippen molar-refractivity contribution in [1.29, 1.82) is 0 Å². The molecule has 0 atom stereocenters. The first kappa shape index (κ1) is 11.8. The maximum absolute atomic E-state index is 11.0. The summed E-state index contributed by atoms with van der Waals surface area (Å²) in [6, 6.07) is 7.91. The van der Waals surface area contributed by atoms with Crippen molar-refractivity contribution in [1.82, 2.24) is 9.78 Å². The fourth-order valence-electron chi connectivity index (χ4n) is 1.67. The maximum Gasteiger partial charge on any atom is 0.294 e. The van der Waals surface area contributed by atoms with Crippen molar-refractivity contribution < 1.29 is 13.0 Å². The second-order valence-electron chi connectivity index (χ2n) is 3.81. The molecular formula is C11H12N2O3S. The maximum atomic E-state index is 11.0. The van der Waals surface area contributed by atoms with Crippen LogP contribution in [0.3, 0.4) is 0 Å². The molecule has 0 spiro atoms. The molecule has 0 amide bonds. The number of nitrogens with zero attached hydrogens (tertiary/aromatic N) is 2. The van der Waals surface area contributed by atoms with Crippen LogP contribution in [0, 0.1) is 13.8 Å². The molecule has 2 rings (SSSR count). The zero-order valence-corrected chi connectivity index (χ0v) is 10.3. The topological polar surface area (TPSA) is 72.2 Å². The molecule has 0 aliphatic rings. The second-order valence-corrected chi connectivity index (χ2v) is 5.23. The molecule has 1 aromatic heterocycles. The molecule has 1 N–H and O–H groups in total. The summed E-state index contributed by atoms with van der Waals surface area (Å²) in [7, 11) is -4.18. The minimum Gasteiger partial charge on any atom is -0.282 e. The van der Waals surface area contributed by atoms with Gasteiger partial charge in [0.15, 0.2) is 0 Å². The fourth-order valence-corrected chi connectivity index (χ4v) is 2.19. The van der Waals surface area contributed by atoms with Crippen LogP contribution in [0.25, 0.3) is 5.69 Å². The Bertz CT molecular complexity index is 659. The number of aryl methyl sites for hydroxylation is 2. The van der Waals surface area contributed by atoms with Gasteiger partial charge < -0.3 is 0 Å². The molecule has 1 aromatic carbocycles. The summed E-state index contributed by atoms with van der Waals surface area (Å²) < 4.78 is 32.7. The van der Waals surface area contributed by atoms with Gasteiger partial charge in [-0.1, -0.05) is 6.07 Å². The van der Waals surface area contributed by atoms with Crippen molar-refractivity contribution in [3.8, 4) is 5.69 Å². The van der Waals surface area contributed by atoms with Crippen molar-refractivity contribution in [3.63, 3.8) is 0 Å². The smallest absolute Gasteiger partial charge is 0.282 e.